The Morgan fingerprint density at radius 1 is 0.306 bits per heavy atom. The Morgan fingerprint density at radius 3 is 1.39 bits per heavy atom. The Morgan fingerprint density at radius 2 is 0.735 bits per heavy atom. The fraction of sp³-hybridized carbons (Fsp3) is 0. The highest BCUT2D eigenvalue weighted by Gasteiger charge is 2.15. The van der Waals surface area contributed by atoms with Gasteiger partial charge in [-0.1, -0.05) is 158 Å². The molecule has 9 rings (SSSR count). The molecule has 0 aliphatic carbocycles. The molecule has 0 spiro atoms. The summed E-state index contributed by atoms with van der Waals surface area (Å²) in [6.07, 6.45) is 0. The topological polar surface area (TPSA) is 38.7 Å². The van der Waals surface area contributed by atoms with E-state index in [9.17, 15) is 0 Å². The molecule has 0 saturated carbocycles. The van der Waals surface area contributed by atoms with Crippen molar-refractivity contribution in [3.63, 3.8) is 0 Å². The summed E-state index contributed by atoms with van der Waals surface area (Å²) in [7, 11) is 0. The van der Waals surface area contributed by atoms with Crippen LogP contribution in [0, 0.1) is 0 Å². The van der Waals surface area contributed by atoms with Crippen molar-refractivity contribution in [1.82, 2.24) is 15.0 Å². The van der Waals surface area contributed by atoms with Crippen molar-refractivity contribution in [2.24, 2.45) is 0 Å². The van der Waals surface area contributed by atoms with Gasteiger partial charge >= 0.3 is 0 Å². The van der Waals surface area contributed by atoms with Crippen LogP contribution in [0.25, 0.3) is 87.7 Å². The molecular formula is C45H29N3S. The highest BCUT2D eigenvalue weighted by molar-refractivity contribution is 7.25. The summed E-state index contributed by atoms with van der Waals surface area (Å²) in [5.74, 6) is 1.94. The van der Waals surface area contributed by atoms with E-state index < -0.39 is 0 Å². The smallest absolute Gasteiger partial charge is 0.164 e. The number of hydrogen-bond acceptors (Lipinski definition) is 4. The number of rotatable bonds is 6. The van der Waals surface area contributed by atoms with Crippen molar-refractivity contribution in [3.05, 3.63) is 176 Å². The highest BCUT2D eigenvalue weighted by atomic mass is 32.1. The van der Waals surface area contributed by atoms with Crippen molar-refractivity contribution in [1.29, 1.82) is 0 Å². The van der Waals surface area contributed by atoms with Crippen LogP contribution in [0.5, 0.6) is 0 Å². The molecule has 0 radical (unpaired) electrons. The standard InChI is InChI=1S/C45H29N3S/c1-3-11-30(12-4-1)31-21-23-32(24-22-31)33-25-27-35(28-26-33)44-46-43(34-13-5-2-6-14-34)47-45(48-44)37-16-9-15-36(29-37)38-18-10-20-41-42(38)39-17-7-8-19-40(39)49-41/h1-29H. The maximum atomic E-state index is 5.06. The number of fused-ring (bicyclic) bond motifs is 3. The quantitative estimate of drug-likeness (QED) is 0.181. The third kappa shape index (κ3) is 5.58. The molecule has 7 aromatic carbocycles. The minimum absolute atomic E-state index is 0.645. The Hall–Kier alpha value is -6.23. The van der Waals surface area contributed by atoms with Crippen LogP contribution in [0.4, 0.5) is 0 Å². The first-order chi connectivity index (χ1) is 24.3. The van der Waals surface area contributed by atoms with Gasteiger partial charge in [-0.15, -0.1) is 11.3 Å². The average molecular weight is 644 g/mol. The zero-order valence-electron chi connectivity index (χ0n) is 26.5. The second-order valence-electron chi connectivity index (χ2n) is 12.1. The summed E-state index contributed by atoms with van der Waals surface area (Å²) in [4.78, 5) is 15.1. The molecule has 230 valence electrons. The zero-order chi connectivity index (χ0) is 32.6. The van der Waals surface area contributed by atoms with Crippen molar-refractivity contribution >= 4 is 31.5 Å². The first-order valence-corrected chi connectivity index (χ1v) is 17.2. The van der Waals surface area contributed by atoms with Crippen molar-refractivity contribution in [2.45, 2.75) is 0 Å². The molecule has 0 unspecified atom stereocenters. The Labute approximate surface area is 288 Å². The number of nitrogens with zero attached hydrogens (tertiary/aromatic N) is 3. The van der Waals surface area contributed by atoms with Gasteiger partial charge in [0.1, 0.15) is 0 Å². The lowest BCUT2D eigenvalue weighted by molar-refractivity contribution is 1.07. The average Bonchev–Trinajstić information content (AvgIpc) is 3.58. The fourth-order valence-electron chi connectivity index (χ4n) is 6.49. The molecule has 0 amide bonds. The van der Waals surface area contributed by atoms with Crippen LogP contribution in [-0.2, 0) is 0 Å². The number of benzene rings is 7. The summed E-state index contributed by atoms with van der Waals surface area (Å²) >= 11 is 1.84. The van der Waals surface area contributed by atoms with Crippen molar-refractivity contribution < 1.29 is 0 Å². The number of hydrogen-bond donors (Lipinski definition) is 0. The van der Waals surface area contributed by atoms with Crippen LogP contribution in [0.15, 0.2) is 176 Å². The first kappa shape index (κ1) is 29.0. The maximum Gasteiger partial charge on any atom is 0.164 e. The van der Waals surface area contributed by atoms with Crippen LogP contribution in [0.2, 0.25) is 0 Å². The Kier molecular flexibility index (Phi) is 7.34. The predicted octanol–water partition coefficient (Wildman–Crippen LogP) is 12.2. The van der Waals surface area contributed by atoms with E-state index in [0.717, 1.165) is 33.4 Å². The van der Waals surface area contributed by atoms with Crippen LogP contribution in [0.3, 0.4) is 0 Å². The molecule has 4 heteroatoms. The first-order valence-electron chi connectivity index (χ1n) is 16.4. The molecule has 0 N–H and O–H groups in total. The lowest BCUT2D eigenvalue weighted by atomic mass is 9.98. The molecule has 0 bridgehead atoms. The van der Waals surface area contributed by atoms with Gasteiger partial charge in [-0.2, -0.15) is 0 Å². The van der Waals surface area contributed by atoms with Gasteiger partial charge in [-0.05, 0) is 51.6 Å². The second-order valence-corrected chi connectivity index (χ2v) is 13.1. The maximum absolute atomic E-state index is 5.06. The molecule has 49 heavy (non-hydrogen) atoms. The lowest BCUT2D eigenvalue weighted by Gasteiger charge is -2.11. The number of aromatic nitrogens is 3. The molecule has 0 saturated heterocycles. The molecule has 0 atom stereocenters. The predicted molar refractivity (Wildman–Crippen MR) is 205 cm³/mol. The summed E-state index contributed by atoms with van der Waals surface area (Å²) in [5, 5.41) is 2.57. The highest BCUT2D eigenvalue weighted by Crippen LogP contribution is 2.40. The Balaban J connectivity index is 1.10. The van der Waals surface area contributed by atoms with Gasteiger partial charge in [0.2, 0.25) is 0 Å². The summed E-state index contributed by atoms with van der Waals surface area (Å²) in [6, 6.07) is 61.6. The summed E-state index contributed by atoms with van der Waals surface area (Å²) in [6.45, 7) is 0. The third-order valence-electron chi connectivity index (χ3n) is 8.97. The van der Waals surface area contributed by atoms with E-state index in [1.165, 1.54) is 36.9 Å². The van der Waals surface area contributed by atoms with Crippen LogP contribution in [-0.4, -0.2) is 15.0 Å². The largest absolute Gasteiger partial charge is 0.208 e. The molecule has 9 aromatic rings. The van der Waals surface area contributed by atoms with E-state index in [1.54, 1.807) is 0 Å². The summed E-state index contributed by atoms with van der Waals surface area (Å²) in [5.41, 5.74) is 9.92. The van der Waals surface area contributed by atoms with Crippen LogP contribution >= 0.6 is 11.3 Å². The van der Waals surface area contributed by atoms with Crippen molar-refractivity contribution in [3.8, 4) is 67.5 Å². The molecule has 0 aliphatic heterocycles. The van der Waals surface area contributed by atoms with E-state index in [4.69, 9.17) is 15.0 Å². The number of thiophene rings is 1. The molecule has 2 heterocycles. The molecule has 0 aliphatic rings. The van der Waals surface area contributed by atoms with Gasteiger partial charge in [0.15, 0.2) is 17.5 Å². The van der Waals surface area contributed by atoms with E-state index in [0.29, 0.717) is 17.5 Å². The zero-order valence-corrected chi connectivity index (χ0v) is 27.3. The molecule has 0 fully saturated rings. The third-order valence-corrected chi connectivity index (χ3v) is 10.1. The minimum atomic E-state index is 0.645. The van der Waals surface area contributed by atoms with Gasteiger partial charge in [-0.25, -0.2) is 15.0 Å². The normalized spacial score (nSPS) is 11.3. The van der Waals surface area contributed by atoms with Gasteiger partial charge in [0.25, 0.3) is 0 Å². The Bertz CT molecular complexity index is 2570. The van der Waals surface area contributed by atoms with Crippen molar-refractivity contribution in [2.75, 3.05) is 0 Å². The molecule has 3 nitrogen and oxygen atoms in total. The van der Waals surface area contributed by atoms with E-state index in [1.807, 2.05) is 47.7 Å². The fourth-order valence-corrected chi connectivity index (χ4v) is 7.62. The lowest BCUT2D eigenvalue weighted by Crippen LogP contribution is -2.00. The monoisotopic (exact) mass is 643 g/mol. The second kappa shape index (κ2) is 12.4. The van der Waals surface area contributed by atoms with Gasteiger partial charge in [0, 0.05) is 36.9 Å². The molecule has 2 aromatic heterocycles. The molecular weight excluding hydrogens is 615 g/mol. The van der Waals surface area contributed by atoms with Gasteiger partial charge in [-0.3, -0.25) is 0 Å². The van der Waals surface area contributed by atoms with Gasteiger partial charge < -0.3 is 0 Å². The van der Waals surface area contributed by atoms with E-state index in [2.05, 4.69) is 140 Å². The summed E-state index contributed by atoms with van der Waals surface area (Å²) < 4.78 is 2.58. The minimum Gasteiger partial charge on any atom is -0.208 e. The van der Waals surface area contributed by atoms with E-state index in [-0.39, 0.29) is 0 Å². The van der Waals surface area contributed by atoms with Crippen LogP contribution < -0.4 is 0 Å². The van der Waals surface area contributed by atoms with Gasteiger partial charge in [0.05, 0.1) is 0 Å². The SMILES string of the molecule is c1ccc(-c2ccc(-c3ccc(-c4nc(-c5ccccc5)nc(-c5cccc(-c6cccc7sc8ccccc8c67)c5)n4)cc3)cc2)cc1. The van der Waals surface area contributed by atoms with Crippen LogP contribution in [0.1, 0.15) is 0 Å². The van der Waals surface area contributed by atoms with E-state index >= 15 is 0 Å².